The molecule has 0 aromatic heterocycles. The Kier molecular flexibility index (Phi) is 2.20. The third-order valence-electron chi connectivity index (χ3n) is 3.91. The third-order valence-corrected chi connectivity index (χ3v) is 3.91. The molecule has 1 atom stereocenters. The summed E-state index contributed by atoms with van der Waals surface area (Å²) >= 11 is 0. The lowest BCUT2D eigenvalue weighted by Gasteiger charge is -2.32. The minimum Gasteiger partial charge on any atom is -0.303 e. The Morgan fingerprint density at radius 3 is 2.84 bits per heavy atom. The number of nitrogens with one attached hydrogen (secondary N) is 1. The van der Waals surface area contributed by atoms with E-state index in [1.165, 1.54) is 11.1 Å². The van der Waals surface area contributed by atoms with Gasteiger partial charge in [0.1, 0.15) is 0 Å². The predicted octanol–water partition coefficient (Wildman–Crippen LogP) is 2.66. The number of carbonyl (C=O) groups is 1. The van der Waals surface area contributed by atoms with Gasteiger partial charge < -0.3 is 5.32 Å². The van der Waals surface area contributed by atoms with Crippen LogP contribution in [0.1, 0.15) is 15.9 Å². The van der Waals surface area contributed by atoms with Crippen molar-refractivity contribution in [2.75, 3.05) is 6.54 Å². The van der Waals surface area contributed by atoms with Crippen LogP contribution in [0.5, 0.6) is 0 Å². The van der Waals surface area contributed by atoms with E-state index in [0.717, 1.165) is 23.2 Å². The Hall–Kier alpha value is -2.19. The van der Waals surface area contributed by atoms with Crippen molar-refractivity contribution < 1.29 is 4.79 Å². The normalized spacial score (nSPS) is 23.7. The zero-order valence-electron chi connectivity index (χ0n) is 10.4. The summed E-state index contributed by atoms with van der Waals surface area (Å²) in [6.45, 7) is 0.752. The zero-order valence-corrected chi connectivity index (χ0v) is 10.4. The maximum atomic E-state index is 12.1. The van der Waals surface area contributed by atoms with Crippen molar-refractivity contribution in [1.82, 2.24) is 5.32 Å². The van der Waals surface area contributed by atoms with Crippen LogP contribution in [0.15, 0.2) is 65.8 Å². The summed E-state index contributed by atoms with van der Waals surface area (Å²) in [5.41, 5.74) is 5.50. The summed E-state index contributed by atoms with van der Waals surface area (Å²) in [5.74, 6) is 0.116. The van der Waals surface area contributed by atoms with Gasteiger partial charge in [-0.15, -0.1) is 0 Å². The Balaban J connectivity index is 2.03. The van der Waals surface area contributed by atoms with Crippen LogP contribution >= 0.6 is 0 Å². The van der Waals surface area contributed by atoms with E-state index < -0.39 is 0 Å². The highest BCUT2D eigenvalue weighted by molar-refractivity contribution is 6.14. The molecular weight excluding hydrogens is 234 g/mol. The van der Waals surface area contributed by atoms with Crippen LogP contribution in [-0.2, 0) is 0 Å². The van der Waals surface area contributed by atoms with E-state index in [1.54, 1.807) is 6.08 Å². The molecule has 4 rings (SSSR count). The van der Waals surface area contributed by atoms with Crippen molar-refractivity contribution in [2.45, 2.75) is 6.04 Å². The standard InChI is InChI=1S/C17H13NO/c19-16-9-11-10-18-15-8-4-3-7-14(15)17(11)13-6-2-1-5-12(13)16/h1-9,15,18H,10H2. The fourth-order valence-electron chi connectivity index (χ4n) is 3.06. The van der Waals surface area contributed by atoms with Gasteiger partial charge in [0.15, 0.2) is 5.78 Å². The number of fused-ring (bicyclic) bond motifs is 4. The fraction of sp³-hybridized carbons (Fsp3) is 0.118. The number of hydrogen-bond donors (Lipinski definition) is 1. The molecule has 92 valence electrons. The average Bonchev–Trinajstić information content (AvgIpc) is 2.47. The second-order valence-electron chi connectivity index (χ2n) is 5.01. The molecule has 1 aliphatic heterocycles. The Labute approximate surface area is 111 Å². The average molecular weight is 247 g/mol. The van der Waals surface area contributed by atoms with Gasteiger partial charge in [-0.2, -0.15) is 0 Å². The molecule has 0 spiro atoms. The fourth-order valence-corrected chi connectivity index (χ4v) is 3.06. The van der Waals surface area contributed by atoms with E-state index in [2.05, 4.69) is 35.7 Å². The summed E-state index contributed by atoms with van der Waals surface area (Å²) in [6, 6.07) is 8.16. The number of benzene rings is 1. The molecule has 0 radical (unpaired) electrons. The molecule has 0 saturated carbocycles. The van der Waals surface area contributed by atoms with Crippen molar-refractivity contribution >= 4 is 11.4 Å². The lowest BCUT2D eigenvalue weighted by atomic mass is 9.78. The molecule has 2 heteroatoms. The number of carbonyl (C=O) groups excluding carboxylic acids is 1. The van der Waals surface area contributed by atoms with Crippen LogP contribution in [0.25, 0.3) is 5.57 Å². The lowest BCUT2D eigenvalue weighted by molar-refractivity contribution is 0.104. The molecule has 3 aliphatic rings. The van der Waals surface area contributed by atoms with Crippen molar-refractivity contribution in [3.8, 4) is 0 Å². The van der Waals surface area contributed by atoms with Crippen LogP contribution in [0.4, 0.5) is 0 Å². The second kappa shape index (κ2) is 3.90. The Bertz CT molecular complexity index is 704. The molecule has 2 nitrogen and oxygen atoms in total. The molecule has 0 saturated heterocycles. The highest BCUT2D eigenvalue weighted by Gasteiger charge is 2.30. The Morgan fingerprint density at radius 1 is 1.11 bits per heavy atom. The lowest BCUT2D eigenvalue weighted by Crippen LogP contribution is -2.37. The number of hydrogen-bond acceptors (Lipinski definition) is 2. The first-order valence-electron chi connectivity index (χ1n) is 6.52. The third kappa shape index (κ3) is 1.50. The second-order valence-corrected chi connectivity index (χ2v) is 5.01. The maximum Gasteiger partial charge on any atom is 0.186 e. The summed E-state index contributed by atoms with van der Waals surface area (Å²) in [6.07, 6.45) is 10.2. The number of ketones is 1. The van der Waals surface area contributed by atoms with Gasteiger partial charge >= 0.3 is 0 Å². The Morgan fingerprint density at radius 2 is 1.95 bits per heavy atom. The molecule has 0 bridgehead atoms. The van der Waals surface area contributed by atoms with Gasteiger partial charge in [-0.3, -0.25) is 4.79 Å². The maximum absolute atomic E-state index is 12.1. The minimum absolute atomic E-state index is 0.116. The van der Waals surface area contributed by atoms with Crippen LogP contribution in [0.3, 0.4) is 0 Å². The van der Waals surface area contributed by atoms with Crippen LogP contribution < -0.4 is 5.32 Å². The van der Waals surface area contributed by atoms with E-state index in [0.29, 0.717) is 0 Å². The summed E-state index contributed by atoms with van der Waals surface area (Å²) in [7, 11) is 0. The van der Waals surface area contributed by atoms with Crippen LogP contribution in [-0.4, -0.2) is 18.4 Å². The highest BCUT2D eigenvalue weighted by Crippen LogP contribution is 2.38. The minimum atomic E-state index is 0.116. The van der Waals surface area contributed by atoms with Crippen molar-refractivity contribution in [3.05, 3.63) is 76.9 Å². The van der Waals surface area contributed by atoms with Crippen LogP contribution in [0, 0.1) is 0 Å². The molecule has 19 heavy (non-hydrogen) atoms. The van der Waals surface area contributed by atoms with Crippen LogP contribution in [0.2, 0.25) is 0 Å². The van der Waals surface area contributed by atoms with Crippen molar-refractivity contribution in [3.63, 3.8) is 0 Å². The largest absolute Gasteiger partial charge is 0.303 e. The molecule has 1 aromatic carbocycles. The van der Waals surface area contributed by atoms with E-state index in [-0.39, 0.29) is 11.8 Å². The van der Waals surface area contributed by atoms with Gasteiger partial charge in [-0.05, 0) is 28.4 Å². The first-order valence-corrected chi connectivity index (χ1v) is 6.52. The predicted molar refractivity (Wildman–Crippen MR) is 75.8 cm³/mol. The van der Waals surface area contributed by atoms with Crippen molar-refractivity contribution in [1.29, 1.82) is 0 Å². The number of rotatable bonds is 0. The van der Waals surface area contributed by atoms with E-state index in [9.17, 15) is 4.79 Å². The zero-order chi connectivity index (χ0) is 12.8. The van der Waals surface area contributed by atoms with Gasteiger partial charge in [0.2, 0.25) is 0 Å². The first kappa shape index (κ1) is 10.7. The smallest absolute Gasteiger partial charge is 0.186 e. The molecule has 0 amide bonds. The number of allylic oxidation sites excluding steroid dienone is 3. The quantitative estimate of drug-likeness (QED) is 0.763. The molecular formula is C17H13NO. The molecule has 1 aromatic rings. The SMILES string of the molecule is O=C1C=C2CNC3C=CC=CC3=C2c2ccccc21. The van der Waals surface area contributed by atoms with Gasteiger partial charge in [0, 0.05) is 12.1 Å². The van der Waals surface area contributed by atoms with Gasteiger partial charge in [0.05, 0.1) is 6.04 Å². The highest BCUT2D eigenvalue weighted by atomic mass is 16.1. The van der Waals surface area contributed by atoms with E-state index in [4.69, 9.17) is 0 Å². The summed E-state index contributed by atoms with van der Waals surface area (Å²) in [5, 5.41) is 3.46. The molecule has 0 fully saturated rings. The van der Waals surface area contributed by atoms with Gasteiger partial charge in [-0.1, -0.05) is 48.6 Å². The molecule has 2 aliphatic carbocycles. The van der Waals surface area contributed by atoms with E-state index >= 15 is 0 Å². The molecule has 1 unspecified atom stereocenters. The first-order chi connectivity index (χ1) is 9.34. The van der Waals surface area contributed by atoms with E-state index in [1.807, 2.05) is 18.2 Å². The summed E-state index contributed by atoms with van der Waals surface area (Å²) in [4.78, 5) is 12.1. The monoisotopic (exact) mass is 247 g/mol. The topological polar surface area (TPSA) is 29.1 Å². The summed E-state index contributed by atoms with van der Waals surface area (Å²) < 4.78 is 0. The van der Waals surface area contributed by atoms with Crippen molar-refractivity contribution in [2.24, 2.45) is 0 Å². The molecule has 1 heterocycles. The van der Waals surface area contributed by atoms with Gasteiger partial charge in [-0.25, -0.2) is 0 Å². The molecule has 1 N–H and O–H groups in total. The van der Waals surface area contributed by atoms with Gasteiger partial charge in [0.25, 0.3) is 0 Å².